The molecule has 0 spiro atoms. The van der Waals surface area contributed by atoms with Gasteiger partial charge in [-0.2, -0.15) is 11.8 Å². The molecule has 3 rings (SSSR count). The lowest BCUT2D eigenvalue weighted by molar-refractivity contribution is 0.0501. The number of halogens is 1. The van der Waals surface area contributed by atoms with Crippen LogP contribution >= 0.6 is 11.8 Å². The van der Waals surface area contributed by atoms with E-state index in [0.717, 1.165) is 11.1 Å². The Bertz CT molecular complexity index is 652. The molecular weight excluding hydrogens is 310 g/mol. The summed E-state index contributed by atoms with van der Waals surface area (Å²) in [7, 11) is 1.87. The number of hydrogen-bond acceptors (Lipinski definition) is 3. The van der Waals surface area contributed by atoms with Gasteiger partial charge >= 0.3 is 5.97 Å². The lowest BCUT2D eigenvalue weighted by Crippen LogP contribution is -2.15. The molecule has 0 saturated carbocycles. The van der Waals surface area contributed by atoms with Crippen molar-refractivity contribution < 1.29 is 13.9 Å². The largest absolute Gasteiger partial charge is 0.461 e. The number of hydrogen-bond donors (Lipinski definition) is 0. The van der Waals surface area contributed by atoms with Gasteiger partial charge in [-0.25, -0.2) is 9.18 Å². The number of alkyl halides is 1. The maximum Gasteiger partial charge on any atom is 0.338 e. The molecule has 118 valence electrons. The summed E-state index contributed by atoms with van der Waals surface area (Å²) >= 11 is 1.56. The Morgan fingerprint density at radius 3 is 2.39 bits per heavy atom. The van der Waals surface area contributed by atoms with Gasteiger partial charge in [-0.1, -0.05) is 42.5 Å². The number of thioether (sulfide) groups is 1. The highest BCUT2D eigenvalue weighted by molar-refractivity contribution is 8.01. The van der Waals surface area contributed by atoms with Crippen LogP contribution in [0.15, 0.2) is 54.6 Å². The molecule has 1 aliphatic rings. The third-order valence-corrected chi connectivity index (χ3v) is 5.47. The average Bonchev–Trinajstić information content (AvgIpc) is 2.92. The average molecular weight is 328 g/mol. The molecule has 0 bridgehead atoms. The molecule has 2 aromatic rings. The monoisotopic (exact) mass is 328 g/mol. The van der Waals surface area contributed by atoms with Gasteiger partial charge in [0.2, 0.25) is 0 Å². The molecular formula is C18H18BFO2S. The zero-order valence-electron chi connectivity index (χ0n) is 12.9. The van der Waals surface area contributed by atoms with Gasteiger partial charge < -0.3 is 4.74 Å². The van der Waals surface area contributed by atoms with Crippen molar-refractivity contribution in [1.29, 1.82) is 0 Å². The molecule has 5 heteroatoms. The highest BCUT2D eigenvalue weighted by Crippen LogP contribution is 2.34. The molecule has 0 aliphatic carbocycles. The Hall–Kier alpha value is -1.75. The lowest BCUT2D eigenvalue weighted by atomic mass is 9.97. The molecule has 0 unspecified atom stereocenters. The number of rotatable bonds is 4. The Morgan fingerprint density at radius 2 is 1.78 bits per heavy atom. The van der Waals surface area contributed by atoms with Crippen LogP contribution in [0.3, 0.4) is 0 Å². The van der Waals surface area contributed by atoms with Crippen LogP contribution in [0.2, 0.25) is 0 Å². The quantitative estimate of drug-likeness (QED) is 0.636. The van der Waals surface area contributed by atoms with Gasteiger partial charge in [0.1, 0.15) is 20.6 Å². The maximum atomic E-state index is 13.5. The highest BCUT2D eigenvalue weighted by atomic mass is 32.2. The van der Waals surface area contributed by atoms with Crippen molar-refractivity contribution in [2.45, 2.75) is 23.0 Å². The predicted octanol–water partition coefficient (Wildman–Crippen LogP) is 3.31. The van der Waals surface area contributed by atoms with E-state index in [2.05, 4.69) is 0 Å². The molecule has 0 radical (unpaired) electrons. The SMILES string of the molecule is B[C@H]1S[C@H](COC(=O)c2ccc(-c3ccccc3)cc2)C[C@@H]1F. The second-order valence-electron chi connectivity index (χ2n) is 5.76. The zero-order chi connectivity index (χ0) is 16.2. The topological polar surface area (TPSA) is 26.3 Å². The van der Waals surface area contributed by atoms with E-state index in [1.807, 2.05) is 50.3 Å². The Morgan fingerprint density at radius 1 is 1.13 bits per heavy atom. The van der Waals surface area contributed by atoms with Crippen LogP contribution in [0.5, 0.6) is 0 Å². The Labute approximate surface area is 140 Å². The minimum atomic E-state index is -0.797. The van der Waals surface area contributed by atoms with Crippen molar-refractivity contribution in [3.63, 3.8) is 0 Å². The van der Waals surface area contributed by atoms with Crippen molar-refractivity contribution >= 4 is 25.6 Å². The van der Waals surface area contributed by atoms with Crippen LogP contribution in [0, 0.1) is 0 Å². The molecule has 0 N–H and O–H groups in total. The smallest absolute Gasteiger partial charge is 0.338 e. The van der Waals surface area contributed by atoms with Gasteiger partial charge in [0, 0.05) is 10.4 Å². The van der Waals surface area contributed by atoms with Crippen molar-refractivity contribution in [3.8, 4) is 11.1 Å². The maximum absolute atomic E-state index is 13.5. The molecule has 1 aliphatic heterocycles. The Kier molecular flexibility index (Phi) is 5.06. The summed E-state index contributed by atoms with van der Waals surface area (Å²) in [6.45, 7) is 0.273. The van der Waals surface area contributed by atoms with Gasteiger partial charge in [0.25, 0.3) is 0 Å². The summed E-state index contributed by atoms with van der Waals surface area (Å²) < 4.78 is 18.8. The second kappa shape index (κ2) is 7.22. The molecule has 0 aromatic heterocycles. The Balaban J connectivity index is 1.58. The van der Waals surface area contributed by atoms with E-state index in [0.29, 0.717) is 12.0 Å². The highest BCUT2D eigenvalue weighted by Gasteiger charge is 2.32. The minimum Gasteiger partial charge on any atom is -0.461 e. The van der Waals surface area contributed by atoms with E-state index in [9.17, 15) is 9.18 Å². The summed E-state index contributed by atoms with van der Waals surface area (Å²) in [5.74, 6) is -0.347. The lowest BCUT2D eigenvalue weighted by Gasteiger charge is -2.10. The first kappa shape index (κ1) is 16.1. The van der Waals surface area contributed by atoms with Crippen molar-refractivity contribution in [2.24, 2.45) is 0 Å². The second-order valence-corrected chi connectivity index (χ2v) is 7.44. The van der Waals surface area contributed by atoms with Gasteiger partial charge in [-0.3, -0.25) is 0 Å². The first-order valence-electron chi connectivity index (χ1n) is 7.75. The summed E-state index contributed by atoms with van der Waals surface area (Å²) in [6.07, 6.45) is -0.333. The van der Waals surface area contributed by atoms with E-state index in [1.54, 1.807) is 23.9 Å². The summed E-state index contributed by atoms with van der Waals surface area (Å²) in [5, 5.41) is 0.0522. The molecule has 2 nitrogen and oxygen atoms in total. The van der Waals surface area contributed by atoms with Crippen molar-refractivity contribution in [1.82, 2.24) is 0 Å². The molecule has 1 fully saturated rings. The number of carbonyl (C=O) groups excluding carboxylic acids is 1. The van der Waals surface area contributed by atoms with Crippen LogP contribution in [-0.4, -0.2) is 37.0 Å². The van der Waals surface area contributed by atoms with Crippen LogP contribution in [0.4, 0.5) is 4.39 Å². The molecule has 2 aromatic carbocycles. The molecule has 3 atom stereocenters. The number of benzene rings is 2. The van der Waals surface area contributed by atoms with E-state index >= 15 is 0 Å². The molecule has 1 saturated heterocycles. The van der Waals surface area contributed by atoms with Gasteiger partial charge in [0.05, 0.1) is 5.56 Å². The standard InChI is InChI=1S/C18H18BFO2S/c19-17-16(20)10-15(23-17)11-22-18(21)14-8-6-13(7-9-14)12-4-2-1-3-5-12/h1-9,15-17H,10-11,19H2/t15-,16-,17-/m0/s1. The third-order valence-electron chi connectivity index (χ3n) is 4.03. The zero-order valence-corrected chi connectivity index (χ0v) is 13.8. The van der Waals surface area contributed by atoms with E-state index in [1.165, 1.54) is 0 Å². The van der Waals surface area contributed by atoms with Gasteiger partial charge in [-0.15, -0.1) is 0 Å². The fraction of sp³-hybridized carbons (Fsp3) is 0.278. The van der Waals surface area contributed by atoms with Crippen LogP contribution < -0.4 is 0 Å². The van der Waals surface area contributed by atoms with Gasteiger partial charge in [-0.05, 0) is 29.7 Å². The summed E-state index contributed by atoms with van der Waals surface area (Å²) in [6, 6.07) is 17.4. The molecule has 23 heavy (non-hydrogen) atoms. The first-order valence-corrected chi connectivity index (χ1v) is 8.70. The normalized spacial score (nSPS) is 23.6. The van der Waals surface area contributed by atoms with Crippen molar-refractivity contribution in [3.05, 3.63) is 60.2 Å². The van der Waals surface area contributed by atoms with Crippen LogP contribution in [0.25, 0.3) is 11.1 Å². The molecule has 0 amide bonds. The fourth-order valence-corrected chi connectivity index (χ4v) is 4.01. The third kappa shape index (κ3) is 3.97. The van der Waals surface area contributed by atoms with E-state index < -0.39 is 6.17 Å². The summed E-state index contributed by atoms with van der Waals surface area (Å²) in [5.41, 5.74) is 2.69. The summed E-state index contributed by atoms with van der Waals surface area (Å²) in [4.78, 5) is 12.1. The van der Waals surface area contributed by atoms with E-state index in [-0.39, 0.29) is 23.0 Å². The molecule has 1 heterocycles. The first-order chi connectivity index (χ1) is 11.1. The van der Waals surface area contributed by atoms with Crippen LogP contribution in [0.1, 0.15) is 16.8 Å². The number of carbonyl (C=O) groups is 1. The number of ether oxygens (including phenoxy) is 1. The van der Waals surface area contributed by atoms with Crippen molar-refractivity contribution in [2.75, 3.05) is 6.61 Å². The predicted molar refractivity (Wildman–Crippen MR) is 95.4 cm³/mol. The van der Waals surface area contributed by atoms with E-state index in [4.69, 9.17) is 4.74 Å². The van der Waals surface area contributed by atoms with Crippen LogP contribution in [-0.2, 0) is 4.74 Å². The number of esters is 1. The minimum absolute atomic E-state index is 0.0103. The fourth-order valence-electron chi connectivity index (χ4n) is 2.68. The van der Waals surface area contributed by atoms with Gasteiger partial charge in [0.15, 0.2) is 0 Å².